The number of hydrogen-bond donors (Lipinski definition) is 3. The minimum Gasteiger partial charge on any atom is -0.480 e. The maximum absolute atomic E-state index is 10.1. The zero-order chi connectivity index (χ0) is 8.85. The number of aliphatic hydroxyl groups excluding tert-OH is 1. The summed E-state index contributed by atoms with van der Waals surface area (Å²) in [4.78, 5) is 10.1. The summed E-state index contributed by atoms with van der Waals surface area (Å²) in [6.07, 6.45) is -0.587. The van der Waals surface area contributed by atoms with E-state index >= 15 is 0 Å². The molecule has 2 unspecified atom stereocenters. The highest BCUT2D eigenvalue weighted by Gasteiger charge is 2.11. The molecule has 0 aliphatic rings. The molecular weight excluding hydrogens is 150 g/mol. The van der Waals surface area contributed by atoms with Gasteiger partial charge in [-0.25, -0.2) is 0 Å². The van der Waals surface area contributed by atoms with E-state index in [-0.39, 0.29) is 13.2 Å². The van der Waals surface area contributed by atoms with Crippen LogP contribution in [-0.2, 0) is 9.53 Å². The van der Waals surface area contributed by atoms with E-state index in [9.17, 15) is 4.79 Å². The predicted molar refractivity (Wildman–Crippen MR) is 38.1 cm³/mol. The van der Waals surface area contributed by atoms with Gasteiger partial charge < -0.3 is 20.7 Å². The molecule has 0 aromatic rings. The minimum atomic E-state index is -1.10. The van der Waals surface area contributed by atoms with Crippen molar-refractivity contribution in [3.63, 3.8) is 0 Å². The van der Waals surface area contributed by atoms with Crippen molar-refractivity contribution in [2.75, 3.05) is 13.2 Å². The zero-order valence-corrected chi connectivity index (χ0v) is 6.36. The molecule has 11 heavy (non-hydrogen) atoms. The smallest absolute Gasteiger partial charge is 0.322 e. The summed E-state index contributed by atoms with van der Waals surface area (Å²) in [7, 11) is 0. The lowest BCUT2D eigenvalue weighted by Crippen LogP contribution is -2.35. The second kappa shape index (κ2) is 5.06. The summed E-state index contributed by atoms with van der Waals surface area (Å²) in [6.45, 7) is 1.59. The first-order chi connectivity index (χ1) is 5.04. The van der Waals surface area contributed by atoms with Gasteiger partial charge in [0.25, 0.3) is 0 Å². The van der Waals surface area contributed by atoms with E-state index < -0.39 is 18.1 Å². The first-order valence-electron chi connectivity index (χ1n) is 3.28. The molecule has 0 radical (unpaired) electrons. The topological polar surface area (TPSA) is 92.8 Å². The van der Waals surface area contributed by atoms with Gasteiger partial charge in [-0.1, -0.05) is 0 Å². The third-order valence-corrected chi connectivity index (χ3v) is 0.974. The Labute approximate surface area is 64.8 Å². The Balaban J connectivity index is 3.31. The van der Waals surface area contributed by atoms with Gasteiger partial charge in [-0.2, -0.15) is 0 Å². The summed E-state index contributed by atoms with van der Waals surface area (Å²) >= 11 is 0. The van der Waals surface area contributed by atoms with Gasteiger partial charge in [0, 0.05) is 0 Å². The van der Waals surface area contributed by atoms with Crippen molar-refractivity contribution in [1.82, 2.24) is 0 Å². The third kappa shape index (κ3) is 5.78. The van der Waals surface area contributed by atoms with Crippen LogP contribution in [0.5, 0.6) is 0 Å². The van der Waals surface area contributed by atoms with Crippen LogP contribution in [0.3, 0.4) is 0 Å². The Hall–Kier alpha value is -0.650. The Morgan fingerprint density at radius 3 is 2.55 bits per heavy atom. The average molecular weight is 163 g/mol. The number of nitrogens with two attached hydrogens (primary N) is 1. The molecule has 0 aliphatic heterocycles. The molecule has 0 rings (SSSR count). The SMILES string of the molecule is CC(O)COCC(N)C(=O)O. The maximum Gasteiger partial charge on any atom is 0.322 e. The molecule has 5 nitrogen and oxygen atoms in total. The molecule has 2 atom stereocenters. The van der Waals surface area contributed by atoms with Crippen LogP contribution in [-0.4, -0.2) is 41.5 Å². The van der Waals surface area contributed by atoms with E-state index in [2.05, 4.69) is 0 Å². The van der Waals surface area contributed by atoms with E-state index in [1.165, 1.54) is 0 Å². The Morgan fingerprint density at radius 1 is 1.64 bits per heavy atom. The van der Waals surface area contributed by atoms with Crippen molar-refractivity contribution in [2.45, 2.75) is 19.1 Å². The summed E-state index contributed by atoms with van der Waals surface area (Å²) in [5.74, 6) is -1.10. The normalized spacial score (nSPS) is 15.9. The van der Waals surface area contributed by atoms with Crippen LogP contribution in [0, 0.1) is 0 Å². The van der Waals surface area contributed by atoms with Crippen molar-refractivity contribution in [3.05, 3.63) is 0 Å². The van der Waals surface area contributed by atoms with Crippen molar-refractivity contribution in [1.29, 1.82) is 0 Å². The van der Waals surface area contributed by atoms with E-state index in [0.29, 0.717) is 0 Å². The van der Waals surface area contributed by atoms with Gasteiger partial charge in [0.2, 0.25) is 0 Å². The van der Waals surface area contributed by atoms with Crippen molar-refractivity contribution in [2.24, 2.45) is 5.73 Å². The second-order valence-electron chi connectivity index (χ2n) is 2.33. The summed E-state index contributed by atoms with van der Waals surface area (Å²) in [5, 5.41) is 17.0. The first kappa shape index (κ1) is 10.3. The highest BCUT2D eigenvalue weighted by Crippen LogP contribution is 1.85. The van der Waals surface area contributed by atoms with Crippen LogP contribution < -0.4 is 5.73 Å². The van der Waals surface area contributed by atoms with Crippen LogP contribution in [0.25, 0.3) is 0 Å². The largest absolute Gasteiger partial charge is 0.480 e. The summed E-state index contributed by atoms with van der Waals surface area (Å²) in [6, 6.07) is -1.01. The van der Waals surface area contributed by atoms with Crippen LogP contribution in [0.1, 0.15) is 6.92 Å². The quantitative estimate of drug-likeness (QED) is 0.473. The Bertz CT molecular complexity index is 126. The standard InChI is InChI=1S/C6H13NO4/c1-4(8)2-11-3-5(7)6(9)10/h4-5,8H,2-3,7H2,1H3,(H,9,10). The average Bonchev–Trinajstić information content (AvgIpc) is 1.86. The molecule has 66 valence electrons. The third-order valence-electron chi connectivity index (χ3n) is 0.974. The number of carboxylic acid groups (broad SMARTS) is 1. The molecule has 0 amide bonds. The monoisotopic (exact) mass is 163 g/mol. The van der Waals surface area contributed by atoms with Gasteiger partial charge in [0.05, 0.1) is 19.3 Å². The van der Waals surface area contributed by atoms with Crippen LogP contribution in [0.2, 0.25) is 0 Å². The Kier molecular flexibility index (Phi) is 4.76. The Morgan fingerprint density at radius 2 is 2.18 bits per heavy atom. The fourth-order valence-electron chi connectivity index (χ4n) is 0.437. The number of carboxylic acids is 1. The number of ether oxygens (including phenoxy) is 1. The van der Waals surface area contributed by atoms with Crippen LogP contribution in [0.15, 0.2) is 0 Å². The molecule has 0 bridgehead atoms. The predicted octanol–water partition coefficient (Wildman–Crippen LogP) is -1.20. The lowest BCUT2D eigenvalue weighted by molar-refractivity contribution is -0.140. The number of carbonyl (C=O) groups is 1. The molecule has 5 heteroatoms. The van der Waals surface area contributed by atoms with Crippen molar-refractivity contribution in [3.8, 4) is 0 Å². The van der Waals surface area contributed by atoms with Gasteiger partial charge in [-0.05, 0) is 6.92 Å². The van der Waals surface area contributed by atoms with E-state index in [4.69, 9.17) is 20.7 Å². The molecule has 0 aromatic carbocycles. The summed E-state index contributed by atoms with van der Waals surface area (Å²) in [5.41, 5.74) is 5.10. The minimum absolute atomic E-state index is 0.0692. The van der Waals surface area contributed by atoms with Crippen molar-refractivity contribution >= 4 is 5.97 Å². The molecule has 0 fully saturated rings. The highest BCUT2D eigenvalue weighted by atomic mass is 16.5. The maximum atomic E-state index is 10.1. The molecule has 0 spiro atoms. The molecule has 0 saturated heterocycles. The number of rotatable bonds is 5. The second-order valence-corrected chi connectivity index (χ2v) is 2.33. The molecule has 0 aliphatic carbocycles. The first-order valence-corrected chi connectivity index (χ1v) is 3.28. The van der Waals surface area contributed by atoms with Crippen molar-refractivity contribution < 1.29 is 19.7 Å². The van der Waals surface area contributed by atoms with Crippen LogP contribution in [0.4, 0.5) is 0 Å². The molecule has 4 N–H and O–H groups in total. The molecule has 0 heterocycles. The van der Waals surface area contributed by atoms with E-state index in [0.717, 1.165) is 0 Å². The molecule has 0 saturated carbocycles. The summed E-state index contributed by atoms with van der Waals surface area (Å²) < 4.78 is 4.76. The van der Waals surface area contributed by atoms with Gasteiger partial charge in [0.15, 0.2) is 0 Å². The fourth-order valence-corrected chi connectivity index (χ4v) is 0.437. The number of aliphatic carboxylic acids is 1. The molecular formula is C6H13NO4. The number of hydrogen-bond acceptors (Lipinski definition) is 4. The van der Waals surface area contributed by atoms with Gasteiger partial charge in [-0.3, -0.25) is 4.79 Å². The van der Waals surface area contributed by atoms with E-state index in [1.807, 2.05) is 0 Å². The lowest BCUT2D eigenvalue weighted by Gasteiger charge is -2.08. The highest BCUT2D eigenvalue weighted by molar-refractivity contribution is 5.73. The van der Waals surface area contributed by atoms with Gasteiger partial charge >= 0.3 is 5.97 Å². The van der Waals surface area contributed by atoms with E-state index in [1.54, 1.807) is 6.92 Å². The van der Waals surface area contributed by atoms with Gasteiger partial charge in [-0.15, -0.1) is 0 Å². The van der Waals surface area contributed by atoms with Crippen LogP contribution >= 0.6 is 0 Å². The van der Waals surface area contributed by atoms with Gasteiger partial charge in [0.1, 0.15) is 6.04 Å². The molecule has 0 aromatic heterocycles. The fraction of sp³-hybridized carbons (Fsp3) is 0.833. The lowest BCUT2D eigenvalue weighted by atomic mass is 10.3. The zero-order valence-electron chi connectivity index (χ0n) is 6.36. The number of aliphatic hydroxyl groups is 1.